The molecule has 0 radical (unpaired) electrons. The van der Waals surface area contributed by atoms with Gasteiger partial charge in [0.1, 0.15) is 23.7 Å². The molecule has 1 heterocycles. The van der Waals surface area contributed by atoms with E-state index in [1.54, 1.807) is 24.8 Å². The molecule has 1 aliphatic rings. The highest BCUT2D eigenvalue weighted by Gasteiger charge is 2.23. The fourth-order valence-electron chi connectivity index (χ4n) is 2.17. The molecule has 2 N–H and O–H groups in total. The number of carbonyl (C=O) groups is 1. The minimum absolute atomic E-state index is 0.0608. The van der Waals surface area contributed by atoms with E-state index in [0.29, 0.717) is 13.0 Å². The number of hydrogen-bond acceptors (Lipinski definition) is 5. The van der Waals surface area contributed by atoms with Gasteiger partial charge in [0.15, 0.2) is 0 Å². The number of carbonyl (C=O) groups excluding carboxylic acids is 1. The van der Waals surface area contributed by atoms with Crippen LogP contribution in [0.4, 0.5) is 4.39 Å². The molecular formula is C15H20FNO3S. The highest BCUT2D eigenvalue weighted by atomic mass is 32.2. The van der Waals surface area contributed by atoms with Crippen LogP contribution in [0, 0.1) is 5.82 Å². The summed E-state index contributed by atoms with van der Waals surface area (Å²) in [4.78, 5) is 11.4. The van der Waals surface area contributed by atoms with Gasteiger partial charge < -0.3 is 15.2 Å². The fourth-order valence-corrected chi connectivity index (χ4v) is 3.21. The monoisotopic (exact) mass is 313 g/mol. The number of ether oxygens (including phenoxy) is 2. The molecule has 1 aromatic carbocycles. The molecule has 0 bridgehead atoms. The van der Waals surface area contributed by atoms with Gasteiger partial charge in [-0.3, -0.25) is 4.79 Å². The number of rotatable bonds is 7. The maximum atomic E-state index is 13.1. The van der Waals surface area contributed by atoms with Crippen molar-refractivity contribution in [2.45, 2.75) is 31.9 Å². The van der Waals surface area contributed by atoms with Gasteiger partial charge in [0, 0.05) is 17.7 Å². The summed E-state index contributed by atoms with van der Waals surface area (Å²) in [5, 5.41) is 0. The van der Waals surface area contributed by atoms with Crippen molar-refractivity contribution in [2.75, 3.05) is 18.1 Å². The average molecular weight is 313 g/mol. The van der Waals surface area contributed by atoms with Crippen LogP contribution in [0.3, 0.4) is 0 Å². The third-order valence-corrected chi connectivity index (χ3v) is 4.36. The summed E-state index contributed by atoms with van der Waals surface area (Å²) in [5.74, 6) is 1.76. The number of benzene rings is 1. The van der Waals surface area contributed by atoms with Crippen molar-refractivity contribution < 1.29 is 18.7 Å². The van der Waals surface area contributed by atoms with E-state index in [2.05, 4.69) is 0 Å². The quantitative estimate of drug-likeness (QED) is 0.617. The van der Waals surface area contributed by atoms with Crippen LogP contribution in [-0.2, 0) is 16.0 Å². The molecule has 0 saturated heterocycles. The topological polar surface area (TPSA) is 61.5 Å². The minimum Gasteiger partial charge on any atom is -0.489 e. The highest BCUT2D eigenvalue weighted by molar-refractivity contribution is 7.99. The van der Waals surface area contributed by atoms with Crippen LogP contribution in [0.1, 0.15) is 18.9 Å². The van der Waals surface area contributed by atoms with E-state index in [9.17, 15) is 9.18 Å². The maximum absolute atomic E-state index is 13.1. The van der Waals surface area contributed by atoms with Crippen LogP contribution in [0.15, 0.2) is 18.2 Å². The zero-order chi connectivity index (χ0) is 15.2. The lowest BCUT2D eigenvalue weighted by atomic mass is 10.1. The van der Waals surface area contributed by atoms with E-state index in [4.69, 9.17) is 15.2 Å². The van der Waals surface area contributed by atoms with Crippen molar-refractivity contribution in [2.24, 2.45) is 5.73 Å². The zero-order valence-electron chi connectivity index (χ0n) is 12.0. The first kappa shape index (κ1) is 16.1. The molecule has 6 heteroatoms. The van der Waals surface area contributed by atoms with Crippen molar-refractivity contribution in [3.8, 4) is 5.75 Å². The molecule has 1 aliphatic heterocycles. The smallest absolute Gasteiger partial charge is 0.322 e. The number of hydrogen-bond donors (Lipinski definition) is 1. The molecule has 2 atom stereocenters. The number of fused-ring (bicyclic) bond motifs is 1. The molecular weight excluding hydrogens is 293 g/mol. The predicted molar refractivity (Wildman–Crippen MR) is 81.1 cm³/mol. The number of thioether (sulfide) groups is 1. The van der Waals surface area contributed by atoms with E-state index in [-0.39, 0.29) is 17.9 Å². The van der Waals surface area contributed by atoms with E-state index in [1.807, 2.05) is 0 Å². The van der Waals surface area contributed by atoms with Gasteiger partial charge in [-0.05, 0) is 37.3 Å². The van der Waals surface area contributed by atoms with Crippen molar-refractivity contribution in [1.82, 2.24) is 0 Å². The summed E-state index contributed by atoms with van der Waals surface area (Å²) in [5.41, 5.74) is 6.64. The first-order valence-corrected chi connectivity index (χ1v) is 8.20. The molecule has 2 rings (SSSR count). The Hall–Kier alpha value is -1.27. The van der Waals surface area contributed by atoms with Gasteiger partial charge in [0.05, 0.1) is 6.61 Å². The lowest BCUT2D eigenvalue weighted by Gasteiger charge is -2.12. The second-order valence-electron chi connectivity index (χ2n) is 4.92. The lowest BCUT2D eigenvalue weighted by Crippen LogP contribution is -2.33. The third-order valence-electron chi connectivity index (χ3n) is 3.23. The Morgan fingerprint density at radius 3 is 3.19 bits per heavy atom. The van der Waals surface area contributed by atoms with Gasteiger partial charge in [0.25, 0.3) is 0 Å². The first-order valence-electron chi connectivity index (χ1n) is 7.05. The third kappa shape index (κ3) is 4.61. The van der Waals surface area contributed by atoms with Crippen molar-refractivity contribution in [1.29, 1.82) is 0 Å². The number of nitrogens with two attached hydrogens (primary N) is 1. The highest BCUT2D eigenvalue weighted by Crippen LogP contribution is 2.30. The summed E-state index contributed by atoms with van der Waals surface area (Å²) >= 11 is 1.68. The molecule has 0 saturated carbocycles. The molecule has 1 aromatic rings. The van der Waals surface area contributed by atoms with Crippen LogP contribution >= 0.6 is 11.8 Å². The largest absolute Gasteiger partial charge is 0.489 e. The molecule has 0 aliphatic carbocycles. The molecule has 4 nitrogen and oxygen atoms in total. The predicted octanol–water partition coefficient (Wildman–Crippen LogP) is 2.14. The lowest BCUT2D eigenvalue weighted by molar-refractivity contribution is -0.144. The molecule has 2 unspecified atom stereocenters. The second-order valence-corrected chi connectivity index (χ2v) is 6.07. The molecule has 0 amide bonds. The standard InChI is InChI=1S/C15H20FNO3S/c1-2-19-15(18)13(17)5-6-21-9-12-8-10-7-11(16)3-4-14(10)20-12/h3-4,7,12-13H,2,5-6,8-9,17H2,1H3. The zero-order valence-corrected chi connectivity index (χ0v) is 12.8. The van der Waals surface area contributed by atoms with Crippen molar-refractivity contribution in [3.05, 3.63) is 29.6 Å². The summed E-state index contributed by atoms with van der Waals surface area (Å²) in [6.45, 7) is 2.11. The molecule has 116 valence electrons. The normalized spacial score (nSPS) is 18.0. The van der Waals surface area contributed by atoms with Gasteiger partial charge in [-0.1, -0.05) is 0 Å². The molecule has 0 fully saturated rings. The SMILES string of the molecule is CCOC(=O)C(N)CCSCC1Cc2cc(F)ccc2O1. The Balaban J connectivity index is 1.66. The summed E-state index contributed by atoms with van der Waals surface area (Å²) < 4.78 is 23.7. The first-order chi connectivity index (χ1) is 10.1. The van der Waals surface area contributed by atoms with Crippen LogP contribution in [0.2, 0.25) is 0 Å². The Morgan fingerprint density at radius 2 is 2.43 bits per heavy atom. The van der Waals surface area contributed by atoms with Crippen LogP contribution in [-0.4, -0.2) is 36.2 Å². The van der Waals surface area contributed by atoms with Crippen molar-refractivity contribution >= 4 is 17.7 Å². The van der Waals surface area contributed by atoms with Gasteiger partial charge >= 0.3 is 5.97 Å². The number of esters is 1. The van der Waals surface area contributed by atoms with E-state index >= 15 is 0 Å². The summed E-state index contributed by atoms with van der Waals surface area (Å²) in [6.07, 6.45) is 1.37. The van der Waals surface area contributed by atoms with Crippen LogP contribution in [0.25, 0.3) is 0 Å². The Labute approximate surface area is 128 Å². The Kier molecular flexibility index (Phi) is 5.87. The molecule has 0 spiro atoms. The van der Waals surface area contributed by atoms with Crippen molar-refractivity contribution in [3.63, 3.8) is 0 Å². The Morgan fingerprint density at radius 1 is 1.62 bits per heavy atom. The summed E-state index contributed by atoms with van der Waals surface area (Å²) in [7, 11) is 0. The van der Waals surface area contributed by atoms with Gasteiger partial charge in [-0.2, -0.15) is 11.8 Å². The molecule has 0 aromatic heterocycles. The fraction of sp³-hybridized carbons (Fsp3) is 0.533. The Bertz CT molecular complexity index is 498. The van der Waals surface area contributed by atoms with E-state index in [0.717, 1.165) is 29.2 Å². The average Bonchev–Trinajstić information content (AvgIpc) is 2.85. The molecule has 21 heavy (non-hydrogen) atoms. The minimum atomic E-state index is -0.562. The van der Waals surface area contributed by atoms with Crippen LogP contribution in [0.5, 0.6) is 5.75 Å². The maximum Gasteiger partial charge on any atom is 0.322 e. The number of halogens is 1. The van der Waals surface area contributed by atoms with Gasteiger partial charge in [0.2, 0.25) is 0 Å². The van der Waals surface area contributed by atoms with Gasteiger partial charge in [-0.25, -0.2) is 4.39 Å². The van der Waals surface area contributed by atoms with Crippen LogP contribution < -0.4 is 10.5 Å². The second kappa shape index (κ2) is 7.66. The van der Waals surface area contributed by atoms with E-state index < -0.39 is 6.04 Å². The van der Waals surface area contributed by atoms with E-state index in [1.165, 1.54) is 12.1 Å². The van der Waals surface area contributed by atoms with Gasteiger partial charge in [-0.15, -0.1) is 0 Å². The summed E-state index contributed by atoms with van der Waals surface area (Å²) in [6, 6.07) is 4.04.